The van der Waals surface area contributed by atoms with Crippen molar-refractivity contribution in [3.63, 3.8) is 0 Å². The van der Waals surface area contributed by atoms with Gasteiger partial charge in [-0.05, 0) is 19.3 Å². The maximum absolute atomic E-state index is 12.7. The van der Waals surface area contributed by atoms with E-state index in [-0.39, 0.29) is 17.7 Å². The summed E-state index contributed by atoms with van der Waals surface area (Å²) in [6, 6.07) is 0.915. The maximum Gasteiger partial charge on any atom is 0.246 e. The Morgan fingerprint density at radius 1 is 1.43 bits per heavy atom. The monoisotopic (exact) mass is 293 g/mol. The van der Waals surface area contributed by atoms with E-state index in [9.17, 15) is 9.59 Å². The predicted molar refractivity (Wildman–Crippen MR) is 77.3 cm³/mol. The summed E-state index contributed by atoms with van der Waals surface area (Å²) in [5.74, 6) is 0.699. The first kappa shape index (κ1) is 15.5. The molecule has 2 rings (SSSR count). The Morgan fingerprint density at radius 3 is 2.67 bits per heavy atom. The number of amides is 2. The topological polar surface area (TPSA) is 75.4 Å². The zero-order chi connectivity index (χ0) is 15.6. The molecule has 0 aliphatic carbocycles. The van der Waals surface area contributed by atoms with E-state index in [0.717, 1.165) is 6.42 Å². The Balaban J connectivity index is 2.24. The van der Waals surface area contributed by atoms with Crippen LogP contribution in [-0.2, 0) is 16.1 Å². The molecule has 0 saturated carbocycles. The van der Waals surface area contributed by atoms with Crippen LogP contribution in [0.25, 0.3) is 0 Å². The van der Waals surface area contributed by atoms with Crippen LogP contribution in [0.2, 0.25) is 0 Å². The van der Waals surface area contributed by atoms with Crippen LogP contribution >= 0.6 is 0 Å². The van der Waals surface area contributed by atoms with Crippen molar-refractivity contribution in [2.24, 2.45) is 5.92 Å². The predicted octanol–water partition coefficient (Wildman–Crippen LogP) is 1.63. The fraction of sp³-hybridized carbons (Fsp3) is 0.667. The Hall–Kier alpha value is -1.85. The molecule has 116 valence electrons. The third kappa shape index (κ3) is 3.09. The molecule has 3 atom stereocenters. The molecule has 1 saturated heterocycles. The number of piperazine rings is 1. The number of nitrogens with zero attached hydrogens (tertiary/aromatic N) is 2. The molecule has 0 aromatic carbocycles. The van der Waals surface area contributed by atoms with Crippen LogP contribution in [0.4, 0.5) is 0 Å². The number of carbonyl (C=O) groups excluding carboxylic acids is 2. The first-order valence-electron chi connectivity index (χ1n) is 7.50. The fourth-order valence-electron chi connectivity index (χ4n) is 2.67. The number of nitrogens with one attached hydrogen (secondary N) is 1. The summed E-state index contributed by atoms with van der Waals surface area (Å²) in [6.07, 6.45) is 1.42. The van der Waals surface area contributed by atoms with E-state index in [2.05, 4.69) is 10.5 Å². The molecular weight excluding hydrogens is 270 g/mol. The Bertz CT molecular complexity index is 526. The summed E-state index contributed by atoms with van der Waals surface area (Å²) in [4.78, 5) is 26.6. The summed E-state index contributed by atoms with van der Waals surface area (Å²) in [6.45, 7) is 8.02. The van der Waals surface area contributed by atoms with Crippen LogP contribution in [0.5, 0.6) is 0 Å². The van der Waals surface area contributed by atoms with E-state index < -0.39 is 12.1 Å². The van der Waals surface area contributed by atoms with Crippen molar-refractivity contribution in [3.8, 4) is 0 Å². The maximum atomic E-state index is 12.7. The van der Waals surface area contributed by atoms with Gasteiger partial charge in [0.2, 0.25) is 11.8 Å². The standard InChI is InChI=1S/C15H23N3O3/c1-5-9(3)13-15(20)18(12(6-2)14(19)16-13)8-11-7-10(4)21-17-11/h7,9,12-13H,5-6,8H2,1-4H3,(H,16,19). The Kier molecular flexibility index (Phi) is 4.65. The van der Waals surface area contributed by atoms with Crippen molar-refractivity contribution in [2.45, 2.75) is 59.2 Å². The first-order chi connectivity index (χ1) is 9.97. The zero-order valence-electron chi connectivity index (χ0n) is 13.0. The van der Waals surface area contributed by atoms with Gasteiger partial charge < -0.3 is 14.7 Å². The van der Waals surface area contributed by atoms with Gasteiger partial charge in [-0.25, -0.2) is 0 Å². The van der Waals surface area contributed by atoms with E-state index in [1.54, 1.807) is 17.9 Å². The number of hydrogen-bond acceptors (Lipinski definition) is 4. The molecule has 0 spiro atoms. The highest BCUT2D eigenvalue weighted by Crippen LogP contribution is 2.21. The van der Waals surface area contributed by atoms with Gasteiger partial charge in [0.1, 0.15) is 23.5 Å². The molecule has 2 amide bonds. The van der Waals surface area contributed by atoms with E-state index in [1.807, 2.05) is 20.8 Å². The van der Waals surface area contributed by atoms with Gasteiger partial charge in [-0.3, -0.25) is 9.59 Å². The highest BCUT2D eigenvalue weighted by atomic mass is 16.5. The molecule has 6 heteroatoms. The van der Waals surface area contributed by atoms with Gasteiger partial charge in [0.25, 0.3) is 0 Å². The van der Waals surface area contributed by atoms with Gasteiger partial charge >= 0.3 is 0 Å². The van der Waals surface area contributed by atoms with Gasteiger partial charge in [-0.15, -0.1) is 0 Å². The van der Waals surface area contributed by atoms with Crippen LogP contribution in [0.15, 0.2) is 10.6 Å². The van der Waals surface area contributed by atoms with Crippen LogP contribution in [0, 0.1) is 12.8 Å². The van der Waals surface area contributed by atoms with Gasteiger partial charge in [0, 0.05) is 6.07 Å². The molecule has 6 nitrogen and oxygen atoms in total. The van der Waals surface area contributed by atoms with E-state index >= 15 is 0 Å². The highest BCUT2D eigenvalue weighted by Gasteiger charge is 2.41. The third-order valence-electron chi connectivity index (χ3n) is 4.13. The number of aryl methyl sites for hydroxylation is 1. The SMILES string of the molecule is CCC(C)C1NC(=O)C(CC)N(Cc2cc(C)on2)C1=O. The van der Waals surface area contributed by atoms with Crippen molar-refractivity contribution in [2.75, 3.05) is 0 Å². The molecule has 0 radical (unpaired) electrons. The van der Waals surface area contributed by atoms with E-state index in [0.29, 0.717) is 24.4 Å². The van der Waals surface area contributed by atoms with Gasteiger partial charge in [0.15, 0.2) is 0 Å². The molecule has 1 aliphatic rings. The number of carbonyl (C=O) groups is 2. The lowest BCUT2D eigenvalue weighted by Gasteiger charge is -2.40. The minimum atomic E-state index is -0.446. The number of aromatic nitrogens is 1. The average molecular weight is 293 g/mol. The lowest BCUT2D eigenvalue weighted by Crippen LogP contribution is -2.64. The second-order valence-electron chi connectivity index (χ2n) is 5.69. The van der Waals surface area contributed by atoms with Crippen LogP contribution < -0.4 is 5.32 Å². The Labute approximate surface area is 124 Å². The molecule has 1 fully saturated rings. The minimum absolute atomic E-state index is 0.0311. The van der Waals surface area contributed by atoms with E-state index in [4.69, 9.17) is 4.52 Å². The third-order valence-corrected chi connectivity index (χ3v) is 4.13. The molecular formula is C15H23N3O3. The summed E-state index contributed by atoms with van der Waals surface area (Å²) >= 11 is 0. The van der Waals surface area contributed by atoms with Crippen molar-refractivity contribution >= 4 is 11.8 Å². The largest absolute Gasteiger partial charge is 0.361 e. The fourth-order valence-corrected chi connectivity index (χ4v) is 2.67. The second kappa shape index (κ2) is 6.28. The Morgan fingerprint density at radius 2 is 2.14 bits per heavy atom. The van der Waals surface area contributed by atoms with Crippen molar-refractivity contribution in [1.29, 1.82) is 0 Å². The van der Waals surface area contributed by atoms with Crippen LogP contribution in [-0.4, -0.2) is 34.0 Å². The molecule has 1 N–H and O–H groups in total. The average Bonchev–Trinajstić information content (AvgIpc) is 2.87. The summed E-state index contributed by atoms with van der Waals surface area (Å²) < 4.78 is 5.04. The van der Waals surface area contributed by atoms with Crippen molar-refractivity contribution < 1.29 is 14.1 Å². The highest BCUT2D eigenvalue weighted by molar-refractivity contribution is 5.97. The van der Waals surface area contributed by atoms with Crippen LogP contribution in [0.1, 0.15) is 45.1 Å². The van der Waals surface area contributed by atoms with Crippen LogP contribution in [0.3, 0.4) is 0 Å². The smallest absolute Gasteiger partial charge is 0.246 e. The molecule has 1 aromatic heterocycles. The summed E-state index contributed by atoms with van der Waals surface area (Å²) in [5.41, 5.74) is 0.678. The van der Waals surface area contributed by atoms with Gasteiger partial charge in [-0.2, -0.15) is 0 Å². The van der Waals surface area contributed by atoms with Crippen molar-refractivity contribution in [3.05, 3.63) is 17.5 Å². The molecule has 1 aromatic rings. The molecule has 21 heavy (non-hydrogen) atoms. The molecule has 0 bridgehead atoms. The summed E-state index contributed by atoms with van der Waals surface area (Å²) in [7, 11) is 0. The number of rotatable bonds is 5. The van der Waals surface area contributed by atoms with Gasteiger partial charge in [0.05, 0.1) is 6.54 Å². The quantitative estimate of drug-likeness (QED) is 0.895. The van der Waals surface area contributed by atoms with Gasteiger partial charge in [-0.1, -0.05) is 32.3 Å². The minimum Gasteiger partial charge on any atom is -0.361 e. The molecule has 2 heterocycles. The van der Waals surface area contributed by atoms with E-state index in [1.165, 1.54) is 0 Å². The number of hydrogen-bond donors (Lipinski definition) is 1. The first-order valence-corrected chi connectivity index (χ1v) is 7.50. The normalized spacial score (nSPS) is 24.1. The second-order valence-corrected chi connectivity index (χ2v) is 5.69. The lowest BCUT2D eigenvalue weighted by atomic mass is 9.93. The molecule has 3 unspecified atom stereocenters. The zero-order valence-corrected chi connectivity index (χ0v) is 13.0. The lowest BCUT2D eigenvalue weighted by molar-refractivity contribution is -0.151. The molecule has 1 aliphatic heterocycles. The van der Waals surface area contributed by atoms with Crippen molar-refractivity contribution in [1.82, 2.24) is 15.4 Å². The summed E-state index contributed by atoms with van der Waals surface area (Å²) in [5, 5.41) is 6.79.